The van der Waals surface area contributed by atoms with E-state index in [1.165, 1.54) is 4.90 Å². The van der Waals surface area contributed by atoms with Crippen LogP contribution in [0.2, 0.25) is 0 Å². The molecule has 0 heterocycles. The molecule has 1 rings (SSSR count). The number of nitrogens with zero attached hydrogens (tertiary/aromatic N) is 2. The van der Waals surface area contributed by atoms with Crippen molar-refractivity contribution in [1.29, 1.82) is 0 Å². The maximum absolute atomic E-state index is 11.8. The fourth-order valence-corrected chi connectivity index (χ4v) is 1.44. The summed E-state index contributed by atoms with van der Waals surface area (Å²) in [6, 6.07) is 7.49. The minimum Gasteiger partial charge on any atom is -0.392 e. The molecular formula is C13H18N2O2. The highest BCUT2D eigenvalue weighted by molar-refractivity contribution is 5.91. The second kappa shape index (κ2) is 6.06. The van der Waals surface area contributed by atoms with Crippen LogP contribution < -0.4 is 4.90 Å². The van der Waals surface area contributed by atoms with Gasteiger partial charge in [0.2, 0.25) is 0 Å². The number of anilines is 1. The lowest BCUT2D eigenvalue weighted by atomic mass is 10.2. The van der Waals surface area contributed by atoms with Crippen LogP contribution in [0.1, 0.15) is 5.56 Å². The molecule has 1 N–H and O–H groups in total. The summed E-state index contributed by atoms with van der Waals surface area (Å²) in [4.78, 5) is 14.9. The van der Waals surface area contributed by atoms with Crippen LogP contribution in [0.15, 0.2) is 30.3 Å². The van der Waals surface area contributed by atoms with Gasteiger partial charge in [-0.2, -0.15) is 0 Å². The Labute approximate surface area is 102 Å². The zero-order chi connectivity index (χ0) is 12.8. The van der Waals surface area contributed by atoms with Gasteiger partial charge in [0, 0.05) is 26.8 Å². The summed E-state index contributed by atoms with van der Waals surface area (Å²) in [5, 5.41) is 8.71. The zero-order valence-corrected chi connectivity index (χ0v) is 10.4. The lowest BCUT2D eigenvalue weighted by Gasteiger charge is -2.22. The van der Waals surface area contributed by atoms with E-state index < -0.39 is 0 Å². The summed E-state index contributed by atoms with van der Waals surface area (Å²) in [5.41, 5.74) is 1.78. The number of benzene rings is 1. The molecule has 0 saturated heterocycles. The summed E-state index contributed by atoms with van der Waals surface area (Å²) in [6.07, 6.45) is 3.48. The Morgan fingerprint density at radius 2 is 2.06 bits per heavy atom. The number of carbonyl (C=O) groups is 1. The average molecular weight is 234 g/mol. The van der Waals surface area contributed by atoms with E-state index in [1.54, 1.807) is 32.1 Å². The molecule has 4 heteroatoms. The number of aliphatic hydroxyl groups is 1. The Morgan fingerprint density at radius 3 is 2.65 bits per heavy atom. The molecule has 0 radical (unpaired) electrons. The molecule has 4 nitrogen and oxygen atoms in total. The predicted molar refractivity (Wildman–Crippen MR) is 70.0 cm³/mol. The van der Waals surface area contributed by atoms with E-state index in [9.17, 15) is 4.79 Å². The van der Waals surface area contributed by atoms with Gasteiger partial charge in [-0.1, -0.05) is 24.3 Å². The van der Waals surface area contributed by atoms with Gasteiger partial charge in [0.05, 0.1) is 6.61 Å². The number of urea groups is 1. The monoisotopic (exact) mass is 234 g/mol. The van der Waals surface area contributed by atoms with Gasteiger partial charge >= 0.3 is 6.03 Å². The molecule has 2 amide bonds. The molecule has 1 aromatic carbocycles. The molecule has 92 valence electrons. The molecule has 1 aromatic rings. The molecule has 0 aliphatic carbocycles. The van der Waals surface area contributed by atoms with Crippen LogP contribution in [0.4, 0.5) is 10.5 Å². The van der Waals surface area contributed by atoms with Gasteiger partial charge in [0.25, 0.3) is 0 Å². The first-order valence-corrected chi connectivity index (χ1v) is 5.38. The van der Waals surface area contributed by atoms with Gasteiger partial charge in [0.15, 0.2) is 0 Å². The Balaban J connectivity index is 2.91. The first kappa shape index (κ1) is 13.3. The quantitative estimate of drug-likeness (QED) is 0.866. The van der Waals surface area contributed by atoms with Crippen LogP contribution in [-0.4, -0.2) is 43.8 Å². The molecule has 0 fully saturated rings. The Hall–Kier alpha value is -1.81. The number of carbonyl (C=O) groups excluding carboxylic acids is 1. The van der Waals surface area contributed by atoms with Gasteiger partial charge in [-0.15, -0.1) is 0 Å². The molecule has 0 atom stereocenters. The summed E-state index contributed by atoms with van der Waals surface area (Å²) in [6.45, 7) is 0.0106. The lowest BCUT2D eigenvalue weighted by molar-refractivity contribution is 0.225. The molecule has 0 bridgehead atoms. The van der Waals surface area contributed by atoms with Crippen molar-refractivity contribution in [3.05, 3.63) is 35.9 Å². The van der Waals surface area contributed by atoms with E-state index in [4.69, 9.17) is 5.11 Å². The highest BCUT2D eigenvalue weighted by Gasteiger charge is 2.12. The number of hydrogen-bond acceptors (Lipinski definition) is 2. The van der Waals surface area contributed by atoms with Gasteiger partial charge in [-0.25, -0.2) is 4.79 Å². The van der Waals surface area contributed by atoms with Crippen LogP contribution in [0, 0.1) is 0 Å². The summed E-state index contributed by atoms with van der Waals surface area (Å²) in [5.74, 6) is 0. The van der Waals surface area contributed by atoms with Crippen molar-refractivity contribution in [2.45, 2.75) is 0 Å². The zero-order valence-electron chi connectivity index (χ0n) is 10.4. The minimum absolute atomic E-state index is 0.0106. The highest BCUT2D eigenvalue weighted by Crippen LogP contribution is 2.16. The van der Waals surface area contributed by atoms with Crippen LogP contribution >= 0.6 is 0 Å². The van der Waals surface area contributed by atoms with Crippen molar-refractivity contribution < 1.29 is 9.90 Å². The number of hydrogen-bond donors (Lipinski definition) is 1. The third kappa shape index (κ3) is 3.60. The van der Waals surface area contributed by atoms with E-state index in [2.05, 4.69) is 0 Å². The molecule has 0 aliphatic rings. The first-order chi connectivity index (χ1) is 8.06. The SMILES string of the molecule is CN(C)C(=O)N(C)c1cccc(/C=C/CO)c1. The van der Waals surface area contributed by atoms with E-state index in [0.29, 0.717) is 0 Å². The average Bonchev–Trinajstić information content (AvgIpc) is 2.34. The molecule has 0 unspecified atom stereocenters. The van der Waals surface area contributed by atoms with Crippen molar-refractivity contribution in [3.8, 4) is 0 Å². The van der Waals surface area contributed by atoms with E-state index in [0.717, 1.165) is 11.3 Å². The van der Waals surface area contributed by atoms with Crippen LogP contribution in [0.25, 0.3) is 6.08 Å². The van der Waals surface area contributed by atoms with E-state index in [1.807, 2.05) is 30.3 Å². The molecular weight excluding hydrogens is 216 g/mol. The van der Waals surface area contributed by atoms with E-state index in [-0.39, 0.29) is 12.6 Å². The predicted octanol–water partition coefficient (Wildman–Crippen LogP) is 1.81. The summed E-state index contributed by atoms with van der Waals surface area (Å²) in [7, 11) is 5.17. The highest BCUT2D eigenvalue weighted by atomic mass is 16.2. The van der Waals surface area contributed by atoms with Crippen molar-refractivity contribution in [2.75, 3.05) is 32.6 Å². The third-order valence-electron chi connectivity index (χ3n) is 2.34. The van der Waals surface area contributed by atoms with Gasteiger partial charge in [-0.3, -0.25) is 4.90 Å². The van der Waals surface area contributed by atoms with E-state index >= 15 is 0 Å². The Bertz CT molecular complexity index is 414. The number of aliphatic hydroxyl groups excluding tert-OH is 1. The first-order valence-electron chi connectivity index (χ1n) is 5.38. The molecule has 17 heavy (non-hydrogen) atoms. The normalized spacial score (nSPS) is 10.6. The minimum atomic E-state index is -0.0757. The fraction of sp³-hybridized carbons (Fsp3) is 0.308. The maximum Gasteiger partial charge on any atom is 0.323 e. The van der Waals surface area contributed by atoms with Crippen molar-refractivity contribution in [2.24, 2.45) is 0 Å². The molecule has 0 spiro atoms. The Morgan fingerprint density at radius 1 is 1.35 bits per heavy atom. The van der Waals surface area contributed by atoms with Crippen LogP contribution in [0.3, 0.4) is 0 Å². The van der Waals surface area contributed by atoms with Gasteiger partial charge in [-0.05, 0) is 17.7 Å². The lowest BCUT2D eigenvalue weighted by Crippen LogP contribution is -2.36. The Kier molecular flexibility index (Phi) is 4.72. The standard InChI is InChI=1S/C13H18N2O2/c1-14(2)13(17)15(3)12-8-4-6-11(10-12)7-5-9-16/h4-8,10,16H,9H2,1-3H3/b7-5+. The second-order valence-electron chi connectivity index (χ2n) is 3.92. The van der Waals surface area contributed by atoms with Crippen LogP contribution in [0.5, 0.6) is 0 Å². The summed E-state index contributed by atoms with van der Waals surface area (Å²) >= 11 is 0. The summed E-state index contributed by atoms with van der Waals surface area (Å²) < 4.78 is 0. The molecule has 0 saturated carbocycles. The fourth-order valence-electron chi connectivity index (χ4n) is 1.44. The van der Waals surface area contributed by atoms with Gasteiger partial charge < -0.3 is 10.0 Å². The number of amides is 2. The maximum atomic E-state index is 11.8. The number of rotatable bonds is 3. The molecule has 0 aromatic heterocycles. The smallest absolute Gasteiger partial charge is 0.323 e. The molecule has 0 aliphatic heterocycles. The van der Waals surface area contributed by atoms with Crippen molar-refractivity contribution in [1.82, 2.24) is 4.90 Å². The second-order valence-corrected chi connectivity index (χ2v) is 3.92. The van der Waals surface area contributed by atoms with Crippen molar-refractivity contribution in [3.63, 3.8) is 0 Å². The topological polar surface area (TPSA) is 43.8 Å². The third-order valence-corrected chi connectivity index (χ3v) is 2.34. The van der Waals surface area contributed by atoms with Gasteiger partial charge in [0.1, 0.15) is 0 Å². The van der Waals surface area contributed by atoms with Crippen molar-refractivity contribution >= 4 is 17.8 Å². The largest absolute Gasteiger partial charge is 0.392 e. The van der Waals surface area contributed by atoms with Crippen LogP contribution in [-0.2, 0) is 0 Å².